The van der Waals surface area contributed by atoms with Gasteiger partial charge in [0.25, 0.3) is 0 Å². The second-order valence-electron chi connectivity index (χ2n) is 6.25. The van der Waals surface area contributed by atoms with E-state index in [0.717, 1.165) is 34.6 Å². The monoisotopic (exact) mass is 376 g/mol. The van der Waals surface area contributed by atoms with E-state index in [0.29, 0.717) is 11.4 Å². The average Bonchev–Trinajstić information content (AvgIpc) is 3.14. The van der Waals surface area contributed by atoms with Crippen LogP contribution in [-0.4, -0.2) is 22.1 Å². The zero-order valence-electron chi connectivity index (χ0n) is 14.4. The van der Waals surface area contributed by atoms with Gasteiger partial charge in [0, 0.05) is 35.2 Å². The third-order valence-corrected chi connectivity index (χ3v) is 4.72. The summed E-state index contributed by atoms with van der Waals surface area (Å²) in [6, 6.07) is 19.2. The molecule has 0 aliphatic carbocycles. The van der Waals surface area contributed by atoms with Crippen LogP contribution in [0.2, 0.25) is 5.02 Å². The van der Waals surface area contributed by atoms with Crippen LogP contribution < -0.4 is 5.32 Å². The van der Waals surface area contributed by atoms with E-state index in [-0.39, 0.29) is 6.04 Å². The first kappa shape index (κ1) is 17.2. The molecule has 1 unspecified atom stereocenters. The first-order valence-electron chi connectivity index (χ1n) is 8.57. The summed E-state index contributed by atoms with van der Waals surface area (Å²) in [5.74, 6) is 0. The van der Waals surface area contributed by atoms with Crippen LogP contribution in [-0.2, 0) is 4.79 Å². The normalized spacial score (nSPS) is 16.1. The molecule has 2 aromatic carbocycles. The molecule has 1 amide bonds. The predicted octanol–water partition coefficient (Wildman–Crippen LogP) is 4.79. The highest BCUT2D eigenvalue weighted by atomic mass is 35.5. The quantitative estimate of drug-likeness (QED) is 0.651. The molecule has 0 saturated heterocycles. The molecule has 27 heavy (non-hydrogen) atoms. The van der Waals surface area contributed by atoms with Gasteiger partial charge in [-0.3, -0.25) is 9.78 Å². The molecule has 1 N–H and O–H groups in total. The Morgan fingerprint density at radius 3 is 2.56 bits per heavy atom. The van der Waals surface area contributed by atoms with E-state index in [1.54, 1.807) is 12.4 Å². The van der Waals surface area contributed by atoms with E-state index in [2.05, 4.69) is 15.4 Å². The van der Waals surface area contributed by atoms with Gasteiger partial charge in [-0.15, -0.1) is 0 Å². The number of carbonyl (C=O) groups excluding carboxylic acids is 1. The fourth-order valence-corrected chi connectivity index (χ4v) is 3.26. The first-order chi connectivity index (χ1) is 13.2. The van der Waals surface area contributed by atoms with Crippen LogP contribution in [0.1, 0.15) is 23.6 Å². The number of nitrogens with one attached hydrogen (secondary N) is 1. The van der Waals surface area contributed by atoms with E-state index < -0.39 is 0 Å². The molecule has 2 heterocycles. The lowest BCUT2D eigenvalue weighted by atomic mass is 9.98. The first-order valence-corrected chi connectivity index (χ1v) is 8.95. The fourth-order valence-electron chi connectivity index (χ4n) is 3.13. The molecule has 3 aromatic rings. The molecule has 1 aromatic heterocycles. The minimum atomic E-state index is -0.119. The zero-order chi connectivity index (χ0) is 18.6. The van der Waals surface area contributed by atoms with E-state index in [1.807, 2.05) is 60.7 Å². The van der Waals surface area contributed by atoms with Gasteiger partial charge in [-0.25, -0.2) is 5.01 Å². The molecule has 1 atom stereocenters. The Bertz CT molecular complexity index is 973. The fraction of sp³-hybridized carbons (Fsp3) is 0.0952. The van der Waals surface area contributed by atoms with E-state index in [4.69, 9.17) is 11.6 Å². The standard InChI is InChI=1S/C21H17ClN4O/c22-17-6-4-15(5-7-17)21-13-20(25-26(21)14-27)16-2-1-3-19(12-16)24-18-8-10-23-11-9-18/h1-12,14,21H,13H2,(H,23,24). The predicted molar refractivity (Wildman–Crippen MR) is 107 cm³/mol. The number of anilines is 2. The van der Waals surface area contributed by atoms with Gasteiger partial charge in [-0.05, 0) is 47.5 Å². The van der Waals surface area contributed by atoms with Crippen LogP contribution in [0.25, 0.3) is 0 Å². The molecule has 134 valence electrons. The average molecular weight is 377 g/mol. The molecule has 0 bridgehead atoms. The van der Waals surface area contributed by atoms with Crippen molar-refractivity contribution in [1.82, 2.24) is 9.99 Å². The van der Waals surface area contributed by atoms with Crippen molar-refractivity contribution in [3.63, 3.8) is 0 Å². The third-order valence-electron chi connectivity index (χ3n) is 4.47. The molecule has 0 radical (unpaired) electrons. The second-order valence-corrected chi connectivity index (χ2v) is 6.68. The minimum absolute atomic E-state index is 0.119. The molecule has 0 fully saturated rings. The highest BCUT2D eigenvalue weighted by Crippen LogP contribution is 2.32. The number of hydrazone groups is 1. The molecule has 1 aliphatic heterocycles. The van der Waals surface area contributed by atoms with Crippen LogP contribution in [0.5, 0.6) is 0 Å². The SMILES string of the molecule is O=CN1N=C(c2cccc(Nc3ccncc3)c2)CC1c1ccc(Cl)cc1. The summed E-state index contributed by atoms with van der Waals surface area (Å²) in [6.07, 6.45) is 4.91. The number of halogens is 1. The largest absolute Gasteiger partial charge is 0.355 e. The van der Waals surface area contributed by atoms with Gasteiger partial charge in [0.2, 0.25) is 6.41 Å². The number of hydrogen-bond donors (Lipinski definition) is 1. The van der Waals surface area contributed by atoms with Crippen molar-refractivity contribution in [1.29, 1.82) is 0 Å². The van der Waals surface area contributed by atoms with Crippen molar-refractivity contribution in [3.05, 3.63) is 89.2 Å². The van der Waals surface area contributed by atoms with E-state index >= 15 is 0 Å². The topological polar surface area (TPSA) is 57.6 Å². The summed E-state index contributed by atoms with van der Waals surface area (Å²) in [7, 11) is 0. The number of amides is 1. The van der Waals surface area contributed by atoms with Gasteiger partial charge in [-0.1, -0.05) is 35.9 Å². The summed E-state index contributed by atoms with van der Waals surface area (Å²) in [6.45, 7) is 0. The van der Waals surface area contributed by atoms with E-state index in [1.165, 1.54) is 5.01 Å². The highest BCUT2D eigenvalue weighted by molar-refractivity contribution is 6.30. The molecule has 6 heteroatoms. The second kappa shape index (κ2) is 7.60. The summed E-state index contributed by atoms with van der Waals surface area (Å²) in [4.78, 5) is 15.5. The molecule has 0 spiro atoms. The number of benzene rings is 2. The Kier molecular flexibility index (Phi) is 4.85. The van der Waals surface area contributed by atoms with Crippen molar-refractivity contribution >= 4 is 35.1 Å². The summed E-state index contributed by atoms with van der Waals surface area (Å²) in [5, 5.41) is 10.0. The van der Waals surface area contributed by atoms with Gasteiger partial charge in [-0.2, -0.15) is 5.10 Å². The van der Waals surface area contributed by atoms with Crippen LogP contribution in [0.3, 0.4) is 0 Å². The molecule has 1 aliphatic rings. The Hall–Kier alpha value is -3.18. The third kappa shape index (κ3) is 3.83. The van der Waals surface area contributed by atoms with Crippen LogP contribution in [0, 0.1) is 0 Å². The molecule has 5 nitrogen and oxygen atoms in total. The Labute approximate surface area is 162 Å². The Balaban J connectivity index is 1.57. The number of carbonyl (C=O) groups is 1. The lowest BCUT2D eigenvalue weighted by molar-refractivity contribution is -0.119. The Morgan fingerprint density at radius 2 is 1.81 bits per heavy atom. The Morgan fingerprint density at radius 1 is 1.04 bits per heavy atom. The molecule has 4 rings (SSSR count). The number of aromatic nitrogens is 1. The van der Waals surface area contributed by atoms with Gasteiger partial charge >= 0.3 is 0 Å². The van der Waals surface area contributed by atoms with Crippen LogP contribution in [0.4, 0.5) is 11.4 Å². The smallest absolute Gasteiger partial charge is 0.230 e. The van der Waals surface area contributed by atoms with Crippen molar-refractivity contribution < 1.29 is 4.79 Å². The minimum Gasteiger partial charge on any atom is -0.355 e. The van der Waals surface area contributed by atoms with Crippen molar-refractivity contribution in [3.8, 4) is 0 Å². The van der Waals surface area contributed by atoms with Gasteiger partial charge in [0.15, 0.2) is 0 Å². The van der Waals surface area contributed by atoms with Crippen molar-refractivity contribution in [2.75, 3.05) is 5.32 Å². The van der Waals surface area contributed by atoms with E-state index in [9.17, 15) is 4.79 Å². The maximum absolute atomic E-state index is 11.5. The molecule has 0 saturated carbocycles. The summed E-state index contributed by atoms with van der Waals surface area (Å²) in [5.41, 5.74) is 4.78. The highest BCUT2D eigenvalue weighted by Gasteiger charge is 2.28. The number of rotatable bonds is 5. The van der Waals surface area contributed by atoms with Gasteiger partial charge in [0.1, 0.15) is 0 Å². The van der Waals surface area contributed by atoms with Crippen molar-refractivity contribution in [2.45, 2.75) is 12.5 Å². The number of nitrogens with zero attached hydrogens (tertiary/aromatic N) is 3. The lowest BCUT2D eigenvalue weighted by Gasteiger charge is -2.17. The maximum Gasteiger partial charge on any atom is 0.230 e. The number of hydrogen-bond acceptors (Lipinski definition) is 4. The van der Waals surface area contributed by atoms with Crippen LogP contribution >= 0.6 is 11.6 Å². The molecular formula is C21H17ClN4O. The maximum atomic E-state index is 11.5. The lowest BCUT2D eigenvalue weighted by Crippen LogP contribution is -2.17. The number of pyridine rings is 1. The van der Waals surface area contributed by atoms with Crippen LogP contribution in [0.15, 0.2) is 78.2 Å². The molecular weight excluding hydrogens is 360 g/mol. The summed E-state index contributed by atoms with van der Waals surface area (Å²) < 4.78 is 0. The summed E-state index contributed by atoms with van der Waals surface area (Å²) >= 11 is 5.97. The van der Waals surface area contributed by atoms with Gasteiger partial charge in [0.05, 0.1) is 11.8 Å². The van der Waals surface area contributed by atoms with Crippen molar-refractivity contribution in [2.24, 2.45) is 5.10 Å². The zero-order valence-corrected chi connectivity index (χ0v) is 15.2. The van der Waals surface area contributed by atoms with Gasteiger partial charge < -0.3 is 5.32 Å².